The van der Waals surface area contributed by atoms with Crippen LogP contribution in [0.4, 0.5) is 0 Å². The standard InChI is InChI=1S/C25H47N/c1-4-5-6-7-8-9-10-11-12-13-14-15-16-17-18-19-20-24-21-26-22-25(24)23(2)3/h21-23,26H,4-20H2,1-3H3. The lowest BCUT2D eigenvalue weighted by Gasteiger charge is -2.07. The molecule has 1 rings (SSSR count). The molecule has 0 aliphatic rings. The minimum atomic E-state index is 0.650. The maximum Gasteiger partial charge on any atom is 0.00428 e. The van der Waals surface area contributed by atoms with Crippen LogP contribution in [0, 0.1) is 0 Å². The highest BCUT2D eigenvalue weighted by molar-refractivity contribution is 5.26. The molecular weight excluding hydrogens is 314 g/mol. The summed E-state index contributed by atoms with van der Waals surface area (Å²) >= 11 is 0. The Labute approximate surface area is 164 Å². The predicted octanol–water partition coefficient (Wildman–Crippen LogP) is 8.94. The summed E-state index contributed by atoms with van der Waals surface area (Å²) in [5.41, 5.74) is 3.07. The lowest BCUT2D eigenvalue weighted by atomic mass is 9.98. The monoisotopic (exact) mass is 361 g/mol. The van der Waals surface area contributed by atoms with Crippen LogP contribution in [-0.2, 0) is 6.42 Å². The van der Waals surface area contributed by atoms with E-state index in [0.717, 1.165) is 0 Å². The van der Waals surface area contributed by atoms with Crippen molar-refractivity contribution in [3.63, 3.8) is 0 Å². The fourth-order valence-corrected chi connectivity index (χ4v) is 4.03. The van der Waals surface area contributed by atoms with Crippen LogP contribution in [0.25, 0.3) is 0 Å². The molecule has 0 atom stereocenters. The number of hydrogen-bond acceptors (Lipinski definition) is 0. The number of hydrogen-bond donors (Lipinski definition) is 1. The van der Waals surface area contributed by atoms with Gasteiger partial charge in [-0.05, 0) is 29.9 Å². The molecule has 0 saturated heterocycles. The average molecular weight is 362 g/mol. The Bertz CT molecular complexity index is 404. The molecular formula is C25H47N. The fourth-order valence-electron chi connectivity index (χ4n) is 4.03. The van der Waals surface area contributed by atoms with Crippen molar-refractivity contribution >= 4 is 0 Å². The molecule has 1 heterocycles. The van der Waals surface area contributed by atoms with Crippen LogP contribution >= 0.6 is 0 Å². The first-order chi connectivity index (χ1) is 12.8. The molecule has 1 heteroatoms. The van der Waals surface area contributed by atoms with Gasteiger partial charge in [-0.1, -0.05) is 117 Å². The molecule has 152 valence electrons. The molecule has 0 unspecified atom stereocenters. The minimum absolute atomic E-state index is 0.650. The van der Waals surface area contributed by atoms with Crippen molar-refractivity contribution in [3.05, 3.63) is 23.5 Å². The van der Waals surface area contributed by atoms with Crippen LogP contribution in [0.3, 0.4) is 0 Å². The lowest BCUT2D eigenvalue weighted by Crippen LogP contribution is -1.92. The summed E-state index contributed by atoms with van der Waals surface area (Å²) in [5.74, 6) is 0.650. The molecule has 0 saturated carbocycles. The van der Waals surface area contributed by atoms with Gasteiger partial charge in [-0.3, -0.25) is 0 Å². The second-order valence-corrected chi connectivity index (χ2v) is 8.64. The van der Waals surface area contributed by atoms with E-state index in [2.05, 4.69) is 38.1 Å². The summed E-state index contributed by atoms with van der Waals surface area (Å²) in [7, 11) is 0. The summed E-state index contributed by atoms with van der Waals surface area (Å²) in [6.07, 6.45) is 28.8. The molecule has 26 heavy (non-hydrogen) atoms. The molecule has 0 spiro atoms. The van der Waals surface area contributed by atoms with Crippen molar-refractivity contribution in [1.82, 2.24) is 4.98 Å². The quantitative estimate of drug-likeness (QED) is 0.251. The summed E-state index contributed by atoms with van der Waals surface area (Å²) < 4.78 is 0. The van der Waals surface area contributed by atoms with Crippen molar-refractivity contribution in [1.29, 1.82) is 0 Å². The van der Waals surface area contributed by atoms with Gasteiger partial charge in [-0.25, -0.2) is 0 Å². The van der Waals surface area contributed by atoms with Crippen molar-refractivity contribution in [2.45, 2.75) is 136 Å². The topological polar surface area (TPSA) is 15.8 Å². The lowest BCUT2D eigenvalue weighted by molar-refractivity contribution is 0.529. The van der Waals surface area contributed by atoms with E-state index in [0.29, 0.717) is 5.92 Å². The van der Waals surface area contributed by atoms with Crippen LogP contribution in [0.15, 0.2) is 12.4 Å². The van der Waals surface area contributed by atoms with Crippen molar-refractivity contribution in [3.8, 4) is 0 Å². The van der Waals surface area contributed by atoms with Crippen molar-refractivity contribution < 1.29 is 0 Å². The predicted molar refractivity (Wildman–Crippen MR) is 118 cm³/mol. The maximum atomic E-state index is 3.28. The Kier molecular flexibility index (Phi) is 14.8. The zero-order chi connectivity index (χ0) is 18.9. The van der Waals surface area contributed by atoms with E-state index in [1.165, 1.54) is 115 Å². The van der Waals surface area contributed by atoms with Gasteiger partial charge in [0.1, 0.15) is 0 Å². The Morgan fingerprint density at radius 1 is 0.615 bits per heavy atom. The number of aromatic nitrogens is 1. The molecule has 1 N–H and O–H groups in total. The van der Waals surface area contributed by atoms with Gasteiger partial charge >= 0.3 is 0 Å². The van der Waals surface area contributed by atoms with Gasteiger partial charge in [0.05, 0.1) is 0 Å². The van der Waals surface area contributed by atoms with E-state index >= 15 is 0 Å². The smallest absolute Gasteiger partial charge is 0.00428 e. The number of rotatable bonds is 18. The van der Waals surface area contributed by atoms with Crippen LogP contribution in [0.5, 0.6) is 0 Å². The first-order valence-corrected chi connectivity index (χ1v) is 11.9. The Morgan fingerprint density at radius 3 is 1.46 bits per heavy atom. The Balaban J connectivity index is 1.79. The van der Waals surface area contributed by atoms with Gasteiger partial charge in [0.15, 0.2) is 0 Å². The number of aryl methyl sites for hydroxylation is 1. The largest absolute Gasteiger partial charge is 0.367 e. The van der Waals surface area contributed by atoms with Crippen molar-refractivity contribution in [2.75, 3.05) is 0 Å². The zero-order valence-electron chi connectivity index (χ0n) is 18.3. The van der Waals surface area contributed by atoms with Gasteiger partial charge in [0, 0.05) is 12.4 Å². The summed E-state index contributed by atoms with van der Waals surface area (Å²) in [6, 6.07) is 0. The number of aromatic amines is 1. The van der Waals surface area contributed by atoms with Crippen molar-refractivity contribution in [2.24, 2.45) is 0 Å². The Hall–Kier alpha value is -0.720. The molecule has 0 radical (unpaired) electrons. The van der Waals surface area contributed by atoms with Crippen LogP contribution in [-0.4, -0.2) is 4.98 Å². The summed E-state index contributed by atoms with van der Waals surface area (Å²) in [6.45, 7) is 6.88. The normalized spacial score (nSPS) is 11.5. The third kappa shape index (κ3) is 11.8. The van der Waals surface area contributed by atoms with Crippen LogP contribution < -0.4 is 0 Å². The van der Waals surface area contributed by atoms with E-state index in [4.69, 9.17) is 0 Å². The first kappa shape index (κ1) is 23.3. The number of nitrogens with one attached hydrogen (secondary N) is 1. The van der Waals surface area contributed by atoms with E-state index in [-0.39, 0.29) is 0 Å². The van der Waals surface area contributed by atoms with Gasteiger partial charge < -0.3 is 4.98 Å². The Morgan fingerprint density at radius 2 is 1.04 bits per heavy atom. The number of H-pyrrole nitrogens is 1. The molecule has 1 nitrogen and oxygen atoms in total. The fraction of sp³-hybridized carbons (Fsp3) is 0.840. The van der Waals surface area contributed by atoms with Crippen LogP contribution in [0.2, 0.25) is 0 Å². The third-order valence-corrected chi connectivity index (χ3v) is 5.79. The average Bonchev–Trinajstić information content (AvgIpc) is 3.10. The van der Waals surface area contributed by atoms with Gasteiger partial charge in [0.2, 0.25) is 0 Å². The molecule has 0 aliphatic heterocycles. The van der Waals surface area contributed by atoms with E-state index < -0.39 is 0 Å². The third-order valence-electron chi connectivity index (χ3n) is 5.79. The maximum absolute atomic E-state index is 3.28. The minimum Gasteiger partial charge on any atom is -0.367 e. The molecule has 0 bridgehead atoms. The van der Waals surface area contributed by atoms with Crippen LogP contribution in [0.1, 0.15) is 141 Å². The summed E-state index contributed by atoms with van der Waals surface area (Å²) in [5, 5.41) is 0. The second-order valence-electron chi connectivity index (χ2n) is 8.64. The van der Waals surface area contributed by atoms with Gasteiger partial charge in [-0.15, -0.1) is 0 Å². The summed E-state index contributed by atoms with van der Waals surface area (Å²) in [4.78, 5) is 3.28. The van der Waals surface area contributed by atoms with E-state index in [1.54, 1.807) is 5.56 Å². The molecule has 0 aromatic carbocycles. The van der Waals surface area contributed by atoms with Gasteiger partial charge in [0.25, 0.3) is 0 Å². The molecule has 0 fully saturated rings. The first-order valence-electron chi connectivity index (χ1n) is 11.9. The molecule has 1 aromatic rings. The highest BCUT2D eigenvalue weighted by Crippen LogP contribution is 2.21. The van der Waals surface area contributed by atoms with E-state index in [1.807, 2.05) is 0 Å². The molecule has 0 amide bonds. The molecule has 1 aromatic heterocycles. The second kappa shape index (κ2) is 16.5. The number of unbranched alkanes of at least 4 members (excludes halogenated alkanes) is 15. The highest BCUT2D eigenvalue weighted by Gasteiger charge is 2.06. The highest BCUT2D eigenvalue weighted by atomic mass is 14.6. The van der Waals surface area contributed by atoms with E-state index in [9.17, 15) is 0 Å². The molecule has 0 aliphatic carbocycles. The SMILES string of the molecule is CCCCCCCCCCCCCCCCCCc1c[nH]cc1C(C)C. The van der Waals surface area contributed by atoms with Gasteiger partial charge in [-0.2, -0.15) is 0 Å². The zero-order valence-corrected chi connectivity index (χ0v) is 18.3.